The molecule has 29 heavy (non-hydrogen) atoms. The smallest absolute Gasteiger partial charge is 0.253 e. The minimum Gasteiger partial charge on any atom is -0.389 e. The van der Waals surface area contributed by atoms with Gasteiger partial charge in [-0.25, -0.2) is 9.37 Å². The van der Waals surface area contributed by atoms with Crippen LogP contribution >= 0.6 is 11.6 Å². The molecule has 1 aromatic carbocycles. The number of nitrogens with one attached hydrogen (secondary N) is 2. The highest BCUT2D eigenvalue weighted by Gasteiger charge is 2.38. The number of nitrogens with zero attached hydrogens (tertiary/aromatic N) is 1. The Morgan fingerprint density at radius 2 is 1.90 bits per heavy atom. The summed E-state index contributed by atoms with van der Waals surface area (Å²) in [7, 11) is 0. The molecule has 5 rings (SSSR count). The molecule has 3 aliphatic rings. The van der Waals surface area contributed by atoms with E-state index in [0.29, 0.717) is 28.9 Å². The first-order valence-corrected chi connectivity index (χ1v) is 10.4. The molecule has 2 bridgehead atoms. The van der Waals surface area contributed by atoms with Gasteiger partial charge in [0.25, 0.3) is 5.91 Å². The van der Waals surface area contributed by atoms with Gasteiger partial charge in [0.15, 0.2) is 0 Å². The van der Waals surface area contributed by atoms with Crippen LogP contribution in [0.3, 0.4) is 0 Å². The number of benzene rings is 1. The second-order valence-corrected chi connectivity index (χ2v) is 9.05. The van der Waals surface area contributed by atoms with E-state index in [1.165, 1.54) is 12.1 Å². The highest BCUT2D eigenvalue weighted by Crippen LogP contribution is 2.52. The molecule has 2 aromatic rings. The monoisotopic (exact) mass is 417 g/mol. The molecule has 3 aliphatic carbocycles. The van der Waals surface area contributed by atoms with Gasteiger partial charge >= 0.3 is 0 Å². The minimum absolute atomic E-state index is 0.0491. The number of amides is 1. The first-order chi connectivity index (χ1) is 13.7. The zero-order chi connectivity index (χ0) is 20.8. The number of pyridine rings is 1. The lowest BCUT2D eigenvalue weighted by Crippen LogP contribution is -2.39. The maximum Gasteiger partial charge on any atom is 0.253 e. The normalized spacial score (nSPS) is 20.3. The van der Waals surface area contributed by atoms with Crippen molar-refractivity contribution in [1.29, 1.82) is 0 Å². The van der Waals surface area contributed by atoms with E-state index in [2.05, 4.69) is 15.6 Å². The molecule has 0 atom stereocenters. The highest BCUT2D eigenvalue weighted by atomic mass is 35.5. The standard InChI is InChI=1S/C22H25ClFN3O2/c1-22(2,29)11-26-21(28)15-10-25-20(27-14-7-8-17(24)16(23)9-14)19-13-5-3-12(4-6-13)18(15)19/h7-10,12-13,29H,3-6,11H2,1-2H3,(H,25,27)(H,26,28). The third-order valence-corrected chi connectivity index (χ3v) is 6.10. The molecule has 3 N–H and O–H groups in total. The van der Waals surface area contributed by atoms with Crippen LogP contribution in [0.25, 0.3) is 0 Å². The molecule has 0 saturated heterocycles. The van der Waals surface area contributed by atoms with Crippen molar-refractivity contribution in [3.8, 4) is 0 Å². The Labute approximate surface area is 174 Å². The zero-order valence-corrected chi connectivity index (χ0v) is 17.3. The number of hydrogen-bond acceptors (Lipinski definition) is 4. The van der Waals surface area contributed by atoms with Crippen LogP contribution in [-0.4, -0.2) is 28.1 Å². The summed E-state index contributed by atoms with van der Waals surface area (Å²) in [6, 6.07) is 4.48. The van der Waals surface area contributed by atoms with Crippen LogP contribution in [-0.2, 0) is 0 Å². The molecule has 1 saturated carbocycles. The Kier molecular flexibility index (Phi) is 5.25. The Balaban J connectivity index is 1.70. The molecular weight excluding hydrogens is 393 g/mol. The van der Waals surface area contributed by atoms with Crippen molar-refractivity contribution in [2.75, 3.05) is 11.9 Å². The summed E-state index contributed by atoms with van der Waals surface area (Å²) >= 11 is 5.92. The molecule has 0 spiro atoms. The fraction of sp³-hybridized carbons (Fsp3) is 0.455. The van der Waals surface area contributed by atoms with Gasteiger partial charge in [0.1, 0.15) is 11.6 Å². The van der Waals surface area contributed by atoms with Crippen molar-refractivity contribution in [1.82, 2.24) is 10.3 Å². The largest absolute Gasteiger partial charge is 0.389 e. The van der Waals surface area contributed by atoms with Crippen molar-refractivity contribution < 1.29 is 14.3 Å². The lowest BCUT2D eigenvalue weighted by molar-refractivity contribution is 0.0693. The van der Waals surface area contributed by atoms with Gasteiger partial charge in [-0.1, -0.05) is 11.6 Å². The summed E-state index contributed by atoms with van der Waals surface area (Å²) in [5.74, 6) is 0.710. The van der Waals surface area contributed by atoms with E-state index in [4.69, 9.17) is 11.6 Å². The fourth-order valence-corrected chi connectivity index (χ4v) is 4.63. The Morgan fingerprint density at radius 3 is 2.52 bits per heavy atom. The maximum absolute atomic E-state index is 13.5. The van der Waals surface area contributed by atoms with E-state index in [9.17, 15) is 14.3 Å². The van der Waals surface area contributed by atoms with Gasteiger partial charge in [0.05, 0.1) is 16.2 Å². The third-order valence-electron chi connectivity index (χ3n) is 5.81. The van der Waals surface area contributed by atoms with Gasteiger partial charge in [-0.15, -0.1) is 0 Å². The molecule has 5 nitrogen and oxygen atoms in total. The SMILES string of the molecule is CC(C)(O)CNC(=O)c1cnc(Nc2ccc(F)c(Cl)c2)c2c1C1CCC2CC1. The number of hydrogen-bond donors (Lipinski definition) is 3. The number of rotatable bonds is 5. The zero-order valence-electron chi connectivity index (χ0n) is 16.6. The van der Waals surface area contributed by atoms with Crippen molar-refractivity contribution in [3.63, 3.8) is 0 Å². The summed E-state index contributed by atoms with van der Waals surface area (Å²) in [5.41, 5.74) is 2.41. The van der Waals surface area contributed by atoms with E-state index in [1.54, 1.807) is 26.1 Å². The maximum atomic E-state index is 13.5. The predicted molar refractivity (Wildman–Crippen MR) is 112 cm³/mol. The van der Waals surface area contributed by atoms with E-state index in [1.807, 2.05) is 0 Å². The number of halogens is 2. The van der Waals surface area contributed by atoms with Crippen LogP contribution in [0.4, 0.5) is 15.9 Å². The van der Waals surface area contributed by atoms with Gasteiger partial charge in [-0.05, 0) is 75.1 Å². The summed E-state index contributed by atoms with van der Waals surface area (Å²) in [4.78, 5) is 17.4. The second kappa shape index (κ2) is 7.58. The molecule has 0 radical (unpaired) electrons. The number of carbonyl (C=O) groups excluding carboxylic acids is 1. The van der Waals surface area contributed by atoms with Crippen molar-refractivity contribution in [3.05, 3.63) is 51.9 Å². The van der Waals surface area contributed by atoms with Crippen LogP contribution in [0.2, 0.25) is 5.02 Å². The quantitative estimate of drug-likeness (QED) is 0.648. The van der Waals surface area contributed by atoms with E-state index in [-0.39, 0.29) is 17.5 Å². The van der Waals surface area contributed by atoms with Crippen LogP contribution in [0.1, 0.15) is 72.9 Å². The predicted octanol–water partition coefficient (Wildman–Crippen LogP) is 4.87. The highest BCUT2D eigenvalue weighted by molar-refractivity contribution is 6.31. The molecular formula is C22H25ClFN3O2. The van der Waals surface area contributed by atoms with Crippen LogP contribution in [0, 0.1) is 5.82 Å². The first kappa shape index (κ1) is 20.1. The van der Waals surface area contributed by atoms with Gasteiger partial charge in [0, 0.05) is 24.0 Å². The first-order valence-electron chi connectivity index (χ1n) is 9.98. The van der Waals surface area contributed by atoms with Crippen molar-refractivity contribution >= 4 is 29.0 Å². The molecule has 154 valence electrons. The van der Waals surface area contributed by atoms with E-state index >= 15 is 0 Å². The minimum atomic E-state index is -0.981. The summed E-state index contributed by atoms with van der Waals surface area (Å²) < 4.78 is 13.5. The Hall–Kier alpha value is -2.18. The number of aromatic nitrogens is 1. The number of carbonyl (C=O) groups is 1. The van der Waals surface area contributed by atoms with Gasteiger partial charge in [0.2, 0.25) is 0 Å². The second-order valence-electron chi connectivity index (χ2n) is 8.65. The van der Waals surface area contributed by atoms with E-state index in [0.717, 1.165) is 36.8 Å². The van der Waals surface area contributed by atoms with Crippen LogP contribution in [0.5, 0.6) is 0 Å². The number of anilines is 2. The summed E-state index contributed by atoms with van der Waals surface area (Å²) in [5, 5.41) is 16.1. The molecule has 1 amide bonds. The molecule has 0 aliphatic heterocycles. The number of aliphatic hydroxyl groups is 1. The van der Waals surface area contributed by atoms with Crippen LogP contribution < -0.4 is 10.6 Å². The topological polar surface area (TPSA) is 74.2 Å². The van der Waals surface area contributed by atoms with E-state index < -0.39 is 11.4 Å². The average Bonchev–Trinajstić information content (AvgIpc) is 2.69. The molecule has 0 unspecified atom stereocenters. The van der Waals surface area contributed by atoms with Gasteiger partial charge in [-0.2, -0.15) is 0 Å². The lowest BCUT2D eigenvalue weighted by Gasteiger charge is -2.40. The van der Waals surface area contributed by atoms with Crippen LogP contribution in [0.15, 0.2) is 24.4 Å². The Bertz CT molecular complexity index is 950. The summed E-state index contributed by atoms with van der Waals surface area (Å²) in [6.07, 6.45) is 5.89. The van der Waals surface area contributed by atoms with Crippen molar-refractivity contribution in [2.45, 2.75) is 57.0 Å². The Morgan fingerprint density at radius 1 is 1.24 bits per heavy atom. The van der Waals surface area contributed by atoms with Crippen molar-refractivity contribution in [2.24, 2.45) is 0 Å². The van der Waals surface area contributed by atoms with Gasteiger partial charge in [-0.3, -0.25) is 4.79 Å². The molecule has 1 aromatic heterocycles. The lowest BCUT2D eigenvalue weighted by atomic mass is 9.66. The van der Waals surface area contributed by atoms with Gasteiger partial charge < -0.3 is 15.7 Å². The molecule has 1 fully saturated rings. The number of fused-ring (bicyclic) bond motifs is 2. The summed E-state index contributed by atoms with van der Waals surface area (Å²) in [6.45, 7) is 3.48. The molecule has 7 heteroatoms. The average molecular weight is 418 g/mol. The fourth-order valence-electron chi connectivity index (χ4n) is 4.45. The third kappa shape index (κ3) is 4.09. The molecule has 1 heterocycles.